The number of phenolic OH excluding ortho intramolecular Hbond substituents is 1. The van der Waals surface area contributed by atoms with Crippen LogP contribution >= 0.6 is 0 Å². The zero-order valence-electron chi connectivity index (χ0n) is 9.45. The van der Waals surface area contributed by atoms with Crippen molar-refractivity contribution in [2.45, 2.75) is 24.5 Å². The minimum atomic E-state index is -4.66. The first-order chi connectivity index (χ1) is 8.78. The maximum Gasteiger partial charge on any atom is 0.355 e. The summed E-state index contributed by atoms with van der Waals surface area (Å²) in [6, 6.07) is 5.69. The smallest absolute Gasteiger partial charge is 0.355 e. The highest BCUT2D eigenvalue weighted by molar-refractivity contribution is 6.04. The summed E-state index contributed by atoms with van der Waals surface area (Å²) in [6.45, 7) is 0. The summed E-state index contributed by atoms with van der Waals surface area (Å²) < 4.78 is 51.0. The van der Waals surface area contributed by atoms with Crippen LogP contribution in [0.25, 0.3) is 0 Å². The van der Waals surface area contributed by atoms with E-state index in [0.29, 0.717) is 0 Å². The van der Waals surface area contributed by atoms with Crippen molar-refractivity contribution in [3.05, 3.63) is 29.8 Å². The number of aliphatic hydroxyl groups is 1. The Morgan fingerprint density at radius 1 is 1.32 bits per heavy atom. The normalized spacial score (nSPS) is 23.4. The lowest BCUT2D eigenvalue weighted by molar-refractivity contribution is -0.248. The van der Waals surface area contributed by atoms with Gasteiger partial charge in [0.25, 0.3) is 0 Å². The van der Waals surface area contributed by atoms with Gasteiger partial charge in [-0.1, -0.05) is 12.1 Å². The van der Waals surface area contributed by atoms with Gasteiger partial charge in [0, 0.05) is 12.0 Å². The van der Waals surface area contributed by atoms with Gasteiger partial charge in [-0.25, -0.2) is 8.78 Å². The number of aromatic hydroxyl groups is 1. The van der Waals surface area contributed by atoms with Gasteiger partial charge in [0.2, 0.25) is 5.72 Å². The van der Waals surface area contributed by atoms with Crippen molar-refractivity contribution in [2.75, 3.05) is 0 Å². The molecule has 4 nitrogen and oxygen atoms in total. The van der Waals surface area contributed by atoms with Crippen LogP contribution < -0.4 is 5.43 Å². The molecule has 0 radical (unpaired) electrons. The second-order valence-corrected chi connectivity index (χ2v) is 4.15. The van der Waals surface area contributed by atoms with Crippen molar-refractivity contribution in [1.29, 1.82) is 0 Å². The lowest BCUT2D eigenvalue weighted by Gasteiger charge is -2.30. The molecule has 1 atom stereocenters. The number of nitrogens with zero attached hydrogens (tertiary/aromatic N) is 1. The predicted octanol–water partition coefficient (Wildman–Crippen LogP) is 1.68. The molecule has 0 saturated heterocycles. The quantitative estimate of drug-likeness (QED) is 0.737. The first-order valence-electron chi connectivity index (χ1n) is 5.28. The lowest BCUT2D eigenvalue weighted by atomic mass is 9.96. The van der Waals surface area contributed by atoms with E-state index in [1.54, 1.807) is 5.43 Å². The average molecular weight is 278 g/mol. The Labute approximate surface area is 105 Å². The minimum Gasteiger partial charge on any atom is -0.507 e. The molecule has 19 heavy (non-hydrogen) atoms. The first-order valence-corrected chi connectivity index (χ1v) is 5.28. The topological polar surface area (TPSA) is 64.9 Å². The molecule has 0 spiro atoms. The zero-order valence-corrected chi connectivity index (χ0v) is 9.45. The molecule has 1 aliphatic rings. The number of hydrogen-bond donors (Lipinski definition) is 3. The second-order valence-electron chi connectivity index (χ2n) is 4.15. The molecule has 0 saturated carbocycles. The van der Waals surface area contributed by atoms with Crippen LogP contribution in [0.1, 0.15) is 12.0 Å². The molecule has 104 valence electrons. The minimum absolute atomic E-state index is 0.0935. The first kappa shape index (κ1) is 13.6. The average Bonchev–Trinajstić information content (AvgIpc) is 2.74. The van der Waals surface area contributed by atoms with Crippen LogP contribution in [0.4, 0.5) is 17.6 Å². The van der Waals surface area contributed by atoms with Gasteiger partial charge in [0.1, 0.15) is 5.75 Å². The molecule has 8 heteroatoms. The number of hydrazone groups is 1. The molecule has 2 rings (SSSR count). The number of alkyl halides is 4. The number of nitrogens with one attached hydrogen (secondary N) is 1. The summed E-state index contributed by atoms with van der Waals surface area (Å²) in [5.41, 5.74) is -1.57. The number of rotatable bonds is 3. The third kappa shape index (κ3) is 2.12. The molecule has 0 amide bonds. The second kappa shape index (κ2) is 4.37. The van der Waals surface area contributed by atoms with Crippen LogP contribution in [0.5, 0.6) is 5.75 Å². The van der Waals surface area contributed by atoms with Crippen LogP contribution in [-0.2, 0) is 0 Å². The van der Waals surface area contributed by atoms with Crippen molar-refractivity contribution in [2.24, 2.45) is 5.10 Å². The van der Waals surface area contributed by atoms with Gasteiger partial charge < -0.3 is 10.2 Å². The van der Waals surface area contributed by atoms with Gasteiger partial charge in [0.05, 0.1) is 5.71 Å². The van der Waals surface area contributed by atoms with E-state index in [2.05, 4.69) is 5.10 Å². The number of phenols is 1. The largest absolute Gasteiger partial charge is 0.507 e. The number of halogens is 4. The fraction of sp³-hybridized carbons (Fsp3) is 0.364. The van der Waals surface area contributed by atoms with E-state index in [-0.39, 0.29) is 17.0 Å². The Balaban J connectivity index is 2.27. The summed E-state index contributed by atoms with van der Waals surface area (Å²) in [5.74, 6) is -4.91. The van der Waals surface area contributed by atoms with E-state index in [9.17, 15) is 27.8 Å². The molecule has 3 N–H and O–H groups in total. The van der Waals surface area contributed by atoms with E-state index < -0.39 is 24.5 Å². The fourth-order valence-electron chi connectivity index (χ4n) is 1.73. The van der Waals surface area contributed by atoms with E-state index in [1.807, 2.05) is 0 Å². The Hall–Kier alpha value is -1.83. The summed E-state index contributed by atoms with van der Waals surface area (Å²) in [5, 5.41) is 22.5. The van der Waals surface area contributed by atoms with Gasteiger partial charge in [0.15, 0.2) is 0 Å². The van der Waals surface area contributed by atoms with E-state index in [1.165, 1.54) is 24.3 Å². The molecular weight excluding hydrogens is 268 g/mol. The Morgan fingerprint density at radius 2 is 1.95 bits per heavy atom. The van der Waals surface area contributed by atoms with Crippen molar-refractivity contribution in [3.63, 3.8) is 0 Å². The molecule has 1 aliphatic heterocycles. The lowest BCUT2D eigenvalue weighted by Crippen LogP contribution is -2.58. The van der Waals surface area contributed by atoms with E-state index in [0.717, 1.165) is 0 Å². The molecule has 0 aromatic heterocycles. The van der Waals surface area contributed by atoms with Crippen molar-refractivity contribution >= 4 is 5.71 Å². The predicted molar refractivity (Wildman–Crippen MR) is 58.3 cm³/mol. The van der Waals surface area contributed by atoms with Gasteiger partial charge >= 0.3 is 12.3 Å². The van der Waals surface area contributed by atoms with E-state index in [4.69, 9.17) is 0 Å². The summed E-state index contributed by atoms with van der Waals surface area (Å²) >= 11 is 0. The van der Waals surface area contributed by atoms with Crippen molar-refractivity contribution < 1.29 is 27.8 Å². The maximum absolute atomic E-state index is 13.2. The Kier molecular flexibility index (Phi) is 3.13. The van der Waals surface area contributed by atoms with Gasteiger partial charge in [-0.2, -0.15) is 13.9 Å². The summed E-state index contributed by atoms with van der Waals surface area (Å²) in [4.78, 5) is 0. The molecule has 1 heterocycles. The molecule has 0 fully saturated rings. The third-order valence-corrected chi connectivity index (χ3v) is 2.84. The highest BCUT2D eigenvalue weighted by Gasteiger charge is 2.62. The van der Waals surface area contributed by atoms with Crippen LogP contribution in [0.15, 0.2) is 29.4 Å². The SMILES string of the molecule is Oc1ccccc1C1=NNC(O)(C(F)(F)C(F)F)C1. The molecule has 1 aromatic carbocycles. The van der Waals surface area contributed by atoms with Crippen LogP contribution in [0.2, 0.25) is 0 Å². The fourth-order valence-corrected chi connectivity index (χ4v) is 1.73. The van der Waals surface area contributed by atoms with Crippen molar-refractivity contribution in [1.82, 2.24) is 5.43 Å². The van der Waals surface area contributed by atoms with Crippen molar-refractivity contribution in [3.8, 4) is 5.75 Å². The summed E-state index contributed by atoms with van der Waals surface area (Å²) in [7, 11) is 0. The molecule has 0 bridgehead atoms. The number of hydrogen-bond acceptors (Lipinski definition) is 4. The van der Waals surface area contributed by atoms with E-state index >= 15 is 0 Å². The molecule has 1 aromatic rings. The van der Waals surface area contributed by atoms with Crippen LogP contribution in [0, 0.1) is 0 Å². The monoisotopic (exact) mass is 278 g/mol. The maximum atomic E-state index is 13.2. The summed E-state index contributed by atoms with van der Waals surface area (Å²) in [6.07, 6.45) is -4.88. The standard InChI is InChI=1S/C11H10F4N2O2/c12-9(13)11(14,15)10(19)5-7(16-17-10)6-3-1-2-4-8(6)18/h1-4,9,17-19H,5H2. The number of benzene rings is 1. The van der Waals surface area contributed by atoms with Crippen LogP contribution in [-0.4, -0.2) is 34.0 Å². The molecule has 1 unspecified atom stereocenters. The Morgan fingerprint density at radius 3 is 2.53 bits per heavy atom. The third-order valence-electron chi connectivity index (χ3n) is 2.84. The van der Waals surface area contributed by atoms with Gasteiger partial charge in [-0.05, 0) is 12.1 Å². The highest BCUT2D eigenvalue weighted by atomic mass is 19.3. The zero-order chi connectivity index (χ0) is 14.3. The van der Waals surface area contributed by atoms with Crippen LogP contribution in [0.3, 0.4) is 0 Å². The Bertz CT molecular complexity index is 521. The number of para-hydroxylation sites is 1. The molecule has 0 aliphatic carbocycles. The van der Waals surface area contributed by atoms with Gasteiger partial charge in [-0.3, -0.25) is 5.43 Å². The molecular formula is C11H10F4N2O2. The highest BCUT2D eigenvalue weighted by Crippen LogP contribution is 2.39. The van der Waals surface area contributed by atoms with Gasteiger partial charge in [-0.15, -0.1) is 0 Å².